The molecule has 1 aliphatic rings. The van der Waals surface area contributed by atoms with Crippen LogP contribution >= 0.6 is 0 Å². The van der Waals surface area contributed by atoms with Crippen LogP contribution in [0.25, 0.3) is 0 Å². The first-order valence-electron chi connectivity index (χ1n) is 8.53. The van der Waals surface area contributed by atoms with Gasteiger partial charge in [-0.15, -0.1) is 0 Å². The van der Waals surface area contributed by atoms with E-state index < -0.39 is 6.10 Å². The molecule has 1 fully saturated rings. The van der Waals surface area contributed by atoms with E-state index in [2.05, 4.69) is 15.0 Å². The van der Waals surface area contributed by atoms with Crippen LogP contribution in [0.4, 0.5) is 0 Å². The molecule has 3 rings (SSSR count). The molecule has 1 saturated heterocycles. The van der Waals surface area contributed by atoms with E-state index >= 15 is 0 Å². The molecule has 2 unspecified atom stereocenters. The number of aryl methyl sites for hydroxylation is 3. The first-order chi connectivity index (χ1) is 12.0. The number of aliphatic hydroxyl groups is 1. The number of nitrogens with zero attached hydrogens (tertiary/aromatic N) is 3. The van der Waals surface area contributed by atoms with E-state index in [1.165, 1.54) is 0 Å². The van der Waals surface area contributed by atoms with Crippen molar-refractivity contribution < 1.29 is 19.1 Å². The van der Waals surface area contributed by atoms with Crippen molar-refractivity contribution in [2.24, 2.45) is 0 Å². The summed E-state index contributed by atoms with van der Waals surface area (Å²) in [6, 6.07) is 5.92. The second kappa shape index (κ2) is 7.95. The van der Waals surface area contributed by atoms with E-state index in [0.29, 0.717) is 38.0 Å². The fourth-order valence-corrected chi connectivity index (χ4v) is 2.90. The maximum atomic E-state index is 10.4. The van der Waals surface area contributed by atoms with Crippen molar-refractivity contribution in [1.29, 1.82) is 0 Å². The van der Waals surface area contributed by atoms with Crippen molar-refractivity contribution in [1.82, 2.24) is 15.0 Å². The number of rotatable bonds is 6. The number of benzene rings is 1. The first kappa shape index (κ1) is 17.8. The van der Waals surface area contributed by atoms with Gasteiger partial charge in [0.25, 0.3) is 0 Å². The molecule has 25 heavy (non-hydrogen) atoms. The van der Waals surface area contributed by atoms with Crippen LogP contribution in [0, 0.1) is 20.8 Å². The molecule has 1 aliphatic heterocycles. The highest BCUT2D eigenvalue weighted by Crippen LogP contribution is 2.23. The van der Waals surface area contributed by atoms with Gasteiger partial charge in [-0.3, -0.25) is 4.90 Å². The number of aliphatic hydroxyl groups excluding tert-OH is 1. The molecule has 1 aromatic carbocycles. The van der Waals surface area contributed by atoms with E-state index in [-0.39, 0.29) is 12.6 Å². The summed E-state index contributed by atoms with van der Waals surface area (Å²) in [5.41, 5.74) is 2.19. The van der Waals surface area contributed by atoms with Gasteiger partial charge in [-0.25, -0.2) is 0 Å². The number of hydrogen-bond acceptors (Lipinski definition) is 7. The standard InChI is InChI=1S/C18H25N3O4/c1-12-4-5-13(2)17(8-12)24-10-15(22)9-21-6-7-23-11-16(21)18-19-14(3)20-25-18/h4-5,8,15-16,22H,6-7,9-11H2,1-3H3. The number of ether oxygens (including phenoxy) is 2. The Morgan fingerprint density at radius 1 is 1.36 bits per heavy atom. The van der Waals surface area contributed by atoms with Crippen LogP contribution in [0.1, 0.15) is 28.9 Å². The maximum absolute atomic E-state index is 10.4. The van der Waals surface area contributed by atoms with Gasteiger partial charge in [0.2, 0.25) is 5.89 Å². The van der Waals surface area contributed by atoms with Crippen molar-refractivity contribution in [2.75, 3.05) is 32.9 Å². The molecule has 0 aliphatic carbocycles. The summed E-state index contributed by atoms with van der Waals surface area (Å²) in [4.78, 5) is 6.40. The molecule has 1 aromatic heterocycles. The van der Waals surface area contributed by atoms with Crippen molar-refractivity contribution in [3.05, 3.63) is 41.0 Å². The Morgan fingerprint density at radius 3 is 2.96 bits per heavy atom. The number of β-amino-alcohol motifs (C(OH)–C–C–N with tert-alkyl or cyclic N) is 1. The molecule has 0 radical (unpaired) electrons. The molecule has 136 valence electrons. The van der Waals surface area contributed by atoms with Crippen LogP contribution in [-0.2, 0) is 4.74 Å². The molecule has 0 saturated carbocycles. The molecule has 2 atom stereocenters. The van der Waals surface area contributed by atoms with Crippen LogP contribution in [0.2, 0.25) is 0 Å². The second-order valence-electron chi connectivity index (χ2n) is 6.50. The van der Waals surface area contributed by atoms with Gasteiger partial charge in [-0.1, -0.05) is 17.3 Å². The Bertz CT molecular complexity index is 703. The molecule has 0 bridgehead atoms. The number of aromatic nitrogens is 2. The predicted octanol–water partition coefficient (Wildman–Crippen LogP) is 1.81. The zero-order chi connectivity index (χ0) is 17.8. The lowest BCUT2D eigenvalue weighted by Gasteiger charge is -2.34. The minimum Gasteiger partial charge on any atom is -0.491 e. The third-order valence-corrected chi connectivity index (χ3v) is 4.29. The van der Waals surface area contributed by atoms with Gasteiger partial charge in [-0.05, 0) is 38.0 Å². The lowest BCUT2D eigenvalue weighted by atomic mass is 10.1. The van der Waals surface area contributed by atoms with Crippen molar-refractivity contribution in [2.45, 2.75) is 32.9 Å². The Morgan fingerprint density at radius 2 is 2.20 bits per heavy atom. The maximum Gasteiger partial charge on any atom is 0.246 e. The van der Waals surface area contributed by atoms with Crippen LogP contribution in [0.3, 0.4) is 0 Å². The molecule has 7 nitrogen and oxygen atoms in total. The summed E-state index contributed by atoms with van der Waals surface area (Å²) in [7, 11) is 0. The van der Waals surface area contributed by atoms with Crippen LogP contribution < -0.4 is 4.74 Å². The van der Waals surface area contributed by atoms with Crippen LogP contribution in [-0.4, -0.2) is 59.2 Å². The van der Waals surface area contributed by atoms with Gasteiger partial charge in [0, 0.05) is 13.1 Å². The summed E-state index contributed by atoms with van der Waals surface area (Å²) >= 11 is 0. The third-order valence-electron chi connectivity index (χ3n) is 4.29. The van der Waals surface area contributed by atoms with Crippen molar-refractivity contribution >= 4 is 0 Å². The molecule has 2 heterocycles. The van der Waals surface area contributed by atoms with E-state index in [9.17, 15) is 5.11 Å². The minimum atomic E-state index is -0.621. The third kappa shape index (κ3) is 4.56. The normalized spacial score (nSPS) is 19.8. The lowest BCUT2D eigenvalue weighted by molar-refractivity contribution is -0.0428. The summed E-state index contributed by atoms with van der Waals surface area (Å²) in [6.07, 6.45) is -0.621. The fraction of sp³-hybridized carbons (Fsp3) is 0.556. The molecule has 0 amide bonds. The summed E-state index contributed by atoms with van der Waals surface area (Å²) in [5.74, 6) is 1.93. The number of morpholine rings is 1. The van der Waals surface area contributed by atoms with Gasteiger partial charge >= 0.3 is 0 Å². The average Bonchev–Trinajstić information content (AvgIpc) is 3.02. The largest absolute Gasteiger partial charge is 0.491 e. The summed E-state index contributed by atoms with van der Waals surface area (Å²) in [5, 5.41) is 14.3. The Labute approximate surface area is 147 Å². The molecule has 0 spiro atoms. The van der Waals surface area contributed by atoms with E-state index in [1.54, 1.807) is 6.92 Å². The molecule has 7 heteroatoms. The SMILES string of the molecule is Cc1ccc(C)c(OCC(O)CN2CCOCC2c2nc(C)no2)c1. The smallest absolute Gasteiger partial charge is 0.246 e. The highest BCUT2D eigenvalue weighted by molar-refractivity contribution is 5.35. The lowest BCUT2D eigenvalue weighted by Crippen LogP contribution is -2.44. The predicted molar refractivity (Wildman–Crippen MR) is 91.6 cm³/mol. The van der Waals surface area contributed by atoms with Crippen molar-refractivity contribution in [3.8, 4) is 5.75 Å². The fourth-order valence-electron chi connectivity index (χ4n) is 2.90. The zero-order valence-electron chi connectivity index (χ0n) is 14.9. The van der Waals surface area contributed by atoms with E-state index in [1.807, 2.05) is 32.0 Å². The summed E-state index contributed by atoms with van der Waals surface area (Å²) in [6.45, 7) is 8.29. The second-order valence-corrected chi connectivity index (χ2v) is 6.50. The van der Waals surface area contributed by atoms with Crippen molar-refractivity contribution in [3.63, 3.8) is 0 Å². The van der Waals surface area contributed by atoms with Gasteiger partial charge in [0.1, 0.15) is 24.5 Å². The van der Waals surface area contributed by atoms with Gasteiger partial charge in [0.15, 0.2) is 5.82 Å². The highest BCUT2D eigenvalue weighted by Gasteiger charge is 2.30. The molecular weight excluding hydrogens is 322 g/mol. The Balaban J connectivity index is 1.58. The molecule has 2 aromatic rings. The average molecular weight is 347 g/mol. The van der Waals surface area contributed by atoms with Gasteiger partial charge < -0.3 is 19.1 Å². The minimum absolute atomic E-state index is 0.134. The Hall–Kier alpha value is -1.96. The van der Waals surface area contributed by atoms with Crippen LogP contribution in [0.15, 0.2) is 22.7 Å². The molecular formula is C18H25N3O4. The van der Waals surface area contributed by atoms with Crippen LogP contribution in [0.5, 0.6) is 5.75 Å². The highest BCUT2D eigenvalue weighted by atomic mass is 16.5. The van der Waals surface area contributed by atoms with E-state index in [0.717, 1.165) is 16.9 Å². The van der Waals surface area contributed by atoms with Gasteiger partial charge in [0.05, 0.1) is 13.2 Å². The van der Waals surface area contributed by atoms with E-state index in [4.69, 9.17) is 14.0 Å². The topological polar surface area (TPSA) is 80.9 Å². The Kier molecular flexibility index (Phi) is 5.67. The number of hydrogen-bond donors (Lipinski definition) is 1. The zero-order valence-corrected chi connectivity index (χ0v) is 14.9. The quantitative estimate of drug-likeness (QED) is 0.853. The monoisotopic (exact) mass is 347 g/mol. The molecule has 1 N–H and O–H groups in total. The van der Waals surface area contributed by atoms with Gasteiger partial charge in [-0.2, -0.15) is 4.98 Å². The first-order valence-corrected chi connectivity index (χ1v) is 8.53. The summed E-state index contributed by atoms with van der Waals surface area (Å²) < 4.78 is 16.6.